The van der Waals surface area contributed by atoms with E-state index in [4.69, 9.17) is 0 Å². The summed E-state index contributed by atoms with van der Waals surface area (Å²) in [6, 6.07) is 4.57. The molecule has 0 radical (unpaired) electrons. The Hall–Kier alpha value is -1.38. The zero-order valence-corrected chi connectivity index (χ0v) is 7.33. The summed E-state index contributed by atoms with van der Waals surface area (Å²) >= 11 is 0. The first kappa shape index (κ1) is 7.28. The smallest absolute Gasteiger partial charge is 0.0869 e. The largest absolute Gasteiger partial charge is 0.360 e. The first-order chi connectivity index (χ1) is 5.77. The normalized spacial score (nSPS) is 11.2. The van der Waals surface area contributed by atoms with Crippen LogP contribution in [0.5, 0.6) is 0 Å². The van der Waals surface area contributed by atoms with Gasteiger partial charge in [-0.15, -0.1) is 0 Å². The average Bonchev–Trinajstić information content (AvgIpc) is 2.52. The summed E-state index contributed by atoms with van der Waals surface area (Å²) < 4.78 is 2.04. The lowest BCUT2D eigenvalue weighted by Crippen LogP contribution is -2.20. The molecule has 0 aliphatic rings. The highest BCUT2D eigenvalue weighted by Gasteiger charge is 2.00. The predicted molar refractivity (Wildman–Crippen MR) is 50.8 cm³/mol. The van der Waals surface area contributed by atoms with Crippen LogP contribution >= 0.6 is 0 Å². The minimum Gasteiger partial charge on any atom is -0.360 e. The zero-order valence-electron chi connectivity index (χ0n) is 7.33. The van der Waals surface area contributed by atoms with Crippen LogP contribution < -0.4 is 5.43 Å². The number of hydrogen-bond donors (Lipinski definition) is 2. The lowest BCUT2D eigenvalue weighted by Gasteiger charge is -2.11. The first-order valence-corrected chi connectivity index (χ1v) is 4.18. The van der Waals surface area contributed by atoms with Gasteiger partial charge < -0.3 is 10.4 Å². The Balaban J connectivity index is 2.40. The quantitative estimate of drug-likeness (QED) is 0.696. The molecular formula is C9H13N3. The van der Waals surface area contributed by atoms with Crippen molar-refractivity contribution in [2.75, 3.05) is 5.43 Å². The van der Waals surface area contributed by atoms with Gasteiger partial charge in [0.1, 0.15) is 0 Å². The van der Waals surface area contributed by atoms with E-state index in [-0.39, 0.29) is 0 Å². The molecule has 2 heterocycles. The third kappa shape index (κ3) is 1.07. The highest BCUT2D eigenvalue weighted by molar-refractivity contribution is 5.76. The van der Waals surface area contributed by atoms with Gasteiger partial charge in [-0.3, -0.25) is 4.68 Å². The molecule has 2 N–H and O–H groups in total. The van der Waals surface area contributed by atoms with Crippen LogP contribution in [0.1, 0.15) is 13.8 Å². The van der Waals surface area contributed by atoms with Gasteiger partial charge in [0.15, 0.2) is 0 Å². The minimum atomic E-state index is 0.454. The highest BCUT2D eigenvalue weighted by atomic mass is 15.4. The molecule has 0 bridgehead atoms. The van der Waals surface area contributed by atoms with E-state index < -0.39 is 0 Å². The van der Waals surface area contributed by atoms with E-state index in [9.17, 15) is 0 Å². The second-order valence-corrected chi connectivity index (χ2v) is 3.25. The summed E-state index contributed by atoms with van der Waals surface area (Å²) in [5.74, 6) is 0. The van der Waals surface area contributed by atoms with E-state index in [1.807, 2.05) is 17.1 Å². The lowest BCUT2D eigenvalue weighted by atomic mass is 10.4. The van der Waals surface area contributed by atoms with Crippen molar-refractivity contribution in [3.8, 4) is 0 Å². The standard InChI is InChI=1S/C9H13N3/c1-7(2)11-12-6-4-8-9(12)3-5-10-8/h3-7,10-11H,1-2H3. The van der Waals surface area contributed by atoms with Gasteiger partial charge in [-0.2, -0.15) is 0 Å². The second kappa shape index (κ2) is 2.59. The van der Waals surface area contributed by atoms with Crippen LogP contribution in [0.2, 0.25) is 0 Å². The maximum atomic E-state index is 3.31. The van der Waals surface area contributed by atoms with E-state index in [0.29, 0.717) is 6.04 Å². The van der Waals surface area contributed by atoms with E-state index >= 15 is 0 Å². The fourth-order valence-electron chi connectivity index (χ4n) is 1.34. The van der Waals surface area contributed by atoms with Gasteiger partial charge in [-0.25, -0.2) is 0 Å². The molecule has 0 aliphatic carbocycles. The number of rotatable bonds is 2. The number of aromatic amines is 1. The number of fused-ring (bicyclic) bond motifs is 1. The molecule has 0 atom stereocenters. The molecule has 2 aromatic rings. The third-order valence-electron chi connectivity index (χ3n) is 1.80. The fraction of sp³-hybridized carbons (Fsp3) is 0.333. The van der Waals surface area contributed by atoms with Gasteiger partial charge in [0.25, 0.3) is 0 Å². The van der Waals surface area contributed by atoms with Crippen LogP contribution in [-0.2, 0) is 0 Å². The van der Waals surface area contributed by atoms with Crippen LogP contribution in [0.25, 0.3) is 11.0 Å². The lowest BCUT2D eigenvalue weighted by molar-refractivity contribution is 0.755. The molecule has 12 heavy (non-hydrogen) atoms. The van der Waals surface area contributed by atoms with E-state index in [2.05, 4.69) is 36.4 Å². The topological polar surface area (TPSA) is 32.8 Å². The molecule has 2 rings (SSSR count). The molecule has 0 saturated heterocycles. The van der Waals surface area contributed by atoms with Crippen molar-refractivity contribution >= 4 is 11.0 Å². The Kier molecular flexibility index (Phi) is 1.57. The van der Waals surface area contributed by atoms with E-state index in [1.54, 1.807) is 0 Å². The SMILES string of the molecule is CC(C)Nn1ccc2[nH]ccc21. The molecule has 0 saturated carbocycles. The molecule has 0 unspecified atom stereocenters. The Morgan fingerprint density at radius 1 is 1.42 bits per heavy atom. The highest BCUT2D eigenvalue weighted by Crippen LogP contribution is 2.11. The summed E-state index contributed by atoms with van der Waals surface area (Å²) in [5.41, 5.74) is 5.68. The molecule has 0 aromatic carbocycles. The van der Waals surface area contributed by atoms with Crippen molar-refractivity contribution in [1.82, 2.24) is 9.66 Å². The molecule has 0 spiro atoms. The van der Waals surface area contributed by atoms with E-state index in [0.717, 1.165) is 0 Å². The molecule has 64 valence electrons. The molecule has 3 heteroatoms. The zero-order chi connectivity index (χ0) is 8.55. The maximum absolute atomic E-state index is 3.31. The summed E-state index contributed by atoms with van der Waals surface area (Å²) in [7, 11) is 0. The monoisotopic (exact) mass is 163 g/mol. The number of aromatic nitrogens is 2. The Morgan fingerprint density at radius 2 is 2.25 bits per heavy atom. The summed E-state index contributed by atoms with van der Waals surface area (Å²) in [4.78, 5) is 3.15. The third-order valence-corrected chi connectivity index (χ3v) is 1.80. The van der Waals surface area contributed by atoms with Crippen LogP contribution in [0.15, 0.2) is 24.5 Å². The van der Waals surface area contributed by atoms with Crippen molar-refractivity contribution in [3.63, 3.8) is 0 Å². The van der Waals surface area contributed by atoms with Crippen molar-refractivity contribution in [3.05, 3.63) is 24.5 Å². The number of nitrogens with one attached hydrogen (secondary N) is 2. The van der Waals surface area contributed by atoms with Gasteiger partial charge in [-0.1, -0.05) is 0 Å². The van der Waals surface area contributed by atoms with Gasteiger partial charge in [0, 0.05) is 18.4 Å². The van der Waals surface area contributed by atoms with Gasteiger partial charge in [0.2, 0.25) is 0 Å². The van der Waals surface area contributed by atoms with Crippen molar-refractivity contribution in [2.24, 2.45) is 0 Å². The van der Waals surface area contributed by atoms with Crippen LogP contribution in [0.3, 0.4) is 0 Å². The summed E-state index contributed by atoms with van der Waals surface area (Å²) in [5, 5.41) is 0. The van der Waals surface area contributed by atoms with E-state index in [1.165, 1.54) is 11.0 Å². The molecule has 2 aromatic heterocycles. The van der Waals surface area contributed by atoms with Gasteiger partial charge in [-0.05, 0) is 26.0 Å². The first-order valence-electron chi connectivity index (χ1n) is 4.18. The Labute approximate surface area is 71.4 Å². The van der Waals surface area contributed by atoms with Crippen molar-refractivity contribution in [1.29, 1.82) is 0 Å². The van der Waals surface area contributed by atoms with Crippen LogP contribution in [-0.4, -0.2) is 15.7 Å². The molecular weight excluding hydrogens is 150 g/mol. The van der Waals surface area contributed by atoms with Crippen LogP contribution in [0, 0.1) is 0 Å². The average molecular weight is 163 g/mol. The summed E-state index contributed by atoms with van der Waals surface area (Å²) in [6.45, 7) is 4.25. The Morgan fingerprint density at radius 3 is 3.00 bits per heavy atom. The minimum absolute atomic E-state index is 0.454. The molecule has 0 fully saturated rings. The van der Waals surface area contributed by atoms with Crippen molar-refractivity contribution < 1.29 is 0 Å². The molecule has 3 nitrogen and oxygen atoms in total. The maximum Gasteiger partial charge on any atom is 0.0869 e. The van der Waals surface area contributed by atoms with Crippen molar-refractivity contribution in [2.45, 2.75) is 19.9 Å². The number of H-pyrrole nitrogens is 1. The number of hydrogen-bond acceptors (Lipinski definition) is 1. The predicted octanol–water partition coefficient (Wildman–Crippen LogP) is 1.92. The summed E-state index contributed by atoms with van der Waals surface area (Å²) in [6.07, 6.45) is 3.98. The van der Waals surface area contributed by atoms with Gasteiger partial charge in [0.05, 0.1) is 11.0 Å². The van der Waals surface area contributed by atoms with Crippen LogP contribution in [0.4, 0.5) is 0 Å². The van der Waals surface area contributed by atoms with Gasteiger partial charge >= 0.3 is 0 Å². The molecule has 0 aliphatic heterocycles. The molecule has 0 amide bonds. The number of nitrogens with zero attached hydrogens (tertiary/aromatic N) is 1. The Bertz CT molecular complexity index is 370. The fourth-order valence-corrected chi connectivity index (χ4v) is 1.34. The second-order valence-electron chi connectivity index (χ2n) is 3.25.